The van der Waals surface area contributed by atoms with Crippen LogP contribution in [0.5, 0.6) is 11.5 Å². The number of pyridine rings is 1. The normalized spacial score (nSPS) is 12.4. The van der Waals surface area contributed by atoms with E-state index in [2.05, 4.69) is 130 Å². The molecule has 214 valence electrons. The molecule has 3 aromatic heterocycles. The van der Waals surface area contributed by atoms with Crippen LogP contribution < -0.4 is 4.74 Å². The van der Waals surface area contributed by atoms with Crippen LogP contribution in [-0.2, 0) is 10.8 Å². The summed E-state index contributed by atoms with van der Waals surface area (Å²) in [5, 5.41) is 2.36. The predicted molar refractivity (Wildman–Crippen MR) is 177 cm³/mol. The van der Waals surface area contributed by atoms with E-state index in [1.165, 1.54) is 21.9 Å². The number of rotatable bonds is 4. The molecule has 0 radical (unpaired) electrons. The van der Waals surface area contributed by atoms with Crippen molar-refractivity contribution in [2.45, 2.75) is 52.4 Å². The van der Waals surface area contributed by atoms with E-state index in [0.717, 1.165) is 45.1 Å². The number of benzene rings is 4. The third-order valence-corrected chi connectivity index (χ3v) is 8.23. The molecule has 0 atom stereocenters. The van der Waals surface area contributed by atoms with Crippen molar-refractivity contribution in [3.63, 3.8) is 0 Å². The topological polar surface area (TPSA) is 44.9 Å². The van der Waals surface area contributed by atoms with Gasteiger partial charge >= 0.3 is 0 Å². The largest absolute Gasteiger partial charge is 0.457 e. The maximum Gasteiger partial charge on any atom is 0.137 e. The molecule has 7 rings (SSSR count). The van der Waals surface area contributed by atoms with Crippen LogP contribution in [0.3, 0.4) is 0 Å². The van der Waals surface area contributed by atoms with Gasteiger partial charge in [0.25, 0.3) is 0 Å². The Morgan fingerprint density at radius 1 is 0.581 bits per heavy atom. The lowest BCUT2D eigenvalue weighted by molar-refractivity contribution is 0.483. The Bertz CT molecular complexity index is 2140. The first kappa shape index (κ1) is 27.0. The van der Waals surface area contributed by atoms with Crippen molar-refractivity contribution >= 4 is 32.8 Å². The number of aromatic nitrogens is 4. The molecule has 0 spiro atoms. The predicted octanol–water partition coefficient (Wildman–Crippen LogP) is 9.90. The molecule has 5 heteroatoms. The highest BCUT2D eigenvalue weighted by atomic mass is 16.5. The van der Waals surface area contributed by atoms with Gasteiger partial charge in [0.2, 0.25) is 0 Å². The molecule has 7 aromatic rings. The number of para-hydroxylation sites is 1. The summed E-state index contributed by atoms with van der Waals surface area (Å²) in [7, 11) is 0. The number of hydrogen-bond acceptors (Lipinski definition) is 3. The number of hydrogen-bond donors (Lipinski definition) is 0. The van der Waals surface area contributed by atoms with E-state index in [-0.39, 0.29) is 10.8 Å². The SMILES string of the molecule is CC(C)(C)c1ccnc(-n2c3ccccc3c3ccc(Oc4cccc(-n5cnc6cc(C(C)(C)C)ccc65)c4)cc32)c1. The highest BCUT2D eigenvalue weighted by molar-refractivity contribution is 6.09. The molecule has 4 aromatic carbocycles. The zero-order chi connectivity index (χ0) is 29.9. The molecule has 0 fully saturated rings. The van der Waals surface area contributed by atoms with E-state index in [0.29, 0.717) is 0 Å². The maximum atomic E-state index is 6.50. The van der Waals surface area contributed by atoms with Gasteiger partial charge in [-0.2, -0.15) is 0 Å². The van der Waals surface area contributed by atoms with Gasteiger partial charge in [0.05, 0.1) is 27.8 Å². The van der Waals surface area contributed by atoms with Crippen molar-refractivity contribution in [2.24, 2.45) is 0 Å². The lowest BCUT2D eigenvalue weighted by Gasteiger charge is -2.20. The summed E-state index contributed by atoms with van der Waals surface area (Å²) in [4.78, 5) is 9.52. The molecule has 0 saturated heterocycles. The van der Waals surface area contributed by atoms with Gasteiger partial charge in [-0.25, -0.2) is 9.97 Å². The van der Waals surface area contributed by atoms with Crippen LogP contribution in [0, 0.1) is 0 Å². The van der Waals surface area contributed by atoms with E-state index in [9.17, 15) is 0 Å². The molecule has 0 unspecified atom stereocenters. The summed E-state index contributed by atoms with van der Waals surface area (Å²) >= 11 is 0. The Balaban J connectivity index is 1.28. The van der Waals surface area contributed by atoms with Crippen molar-refractivity contribution in [3.8, 4) is 23.0 Å². The van der Waals surface area contributed by atoms with E-state index >= 15 is 0 Å². The van der Waals surface area contributed by atoms with E-state index < -0.39 is 0 Å². The Kier molecular flexibility index (Phi) is 6.17. The van der Waals surface area contributed by atoms with Crippen molar-refractivity contribution in [1.29, 1.82) is 0 Å². The maximum absolute atomic E-state index is 6.50. The summed E-state index contributed by atoms with van der Waals surface area (Å²) in [6, 6.07) is 33.8. The molecule has 5 nitrogen and oxygen atoms in total. The number of ether oxygens (including phenoxy) is 1. The van der Waals surface area contributed by atoms with Crippen LogP contribution >= 0.6 is 0 Å². The van der Waals surface area contributed by atoms with Crippen LogP contribution in [0.15, 0.2) is 110 Å². The minimum Gasteiger partial charge on any atom is -0.457 e. The second kappa shape index (κ2) is 9.84. The van der Waals surface area contributed by atoms with Crippen LogP contribution in [0.4, 0.5) is 0 Å². The molecule has 43 heavy (non-hydrogen) atoms. The molecule has 0 N–H and O–H groups in total. The zero-order valence-electron chi connectivity index (χ0n) is 25.6. The van der Waals surface area contributed by atoms with Gasteiger partial charge < -0.3 is 4.74 Å². The van der Waals surface area contributed by atoms with Crippen molar-refractivity contribution in [3.05, 3.63) is 121 Å². The quantitative estimate of drug-likeness (QED) is 0.214. The van der Waals surface area contributed by atoms with Gasteiger partial charge in [0, 0.05) is 29.1 Å². The first-order chi connectivity index (χ1) is 20.6. The fourth-order valence-corrected chi connectivity index (χ4v) is 5.79. The van der Waals surface area contributed by atoms with Crippen LogP contribution in [0.1, 0.15) is 52.7 Å². The average molecular weight is 565 g/mol. The van der Waals surface area contributed by atoms with Crippen molar-refractivity contribution in [1.82, 2.24) is 19.1 Å². The number of fused-ring (bicyclic) bond motifs is 4. The van der Waals surface area contributed by atoms with E-state index in [1.54, 1.807) is 0 Å². The standard InChI is InChI=1S/C38H36N4O/c1-37(2,3)25-14-17-34-32(20-25)40-24-41(34)27-10-9-11-28(22-27)43-29-15-16-31-30-12-7-8-13-33(30)42(35(31)23-29)36-21-26(18-19-39-36)38(4,5)6/h7-24H,1-6H3. The summed E-state index contributed by atoms with van der Waals surface area (Å²) < 4.78 is 10.9. The highest BCUT2D eigenvalue weighted by Crippen LogP contribution is 2.36. The van der Waals surface area contributed by atoms with E-state index in [4.69, 9.17) is 14.7 Å². The minimum atomic E-state index is 0.0190. The fourth-order valence-electron chi connectivity index (χ4n) is 5.79. The smallest absolute Gasteiger partial charge is 0.137 e. The molecule has 3 heterocycles. The van der Waals surface area contributed by atoms with Gasteiger partial charge in [-0.05, 0) is 76.6 Å². The van der Waals surface area contributed by atoms with Crippen LogP contribution in [-0.4, -0.2) is 19.1 Å². The molecule has 0 bridgehead atoms. The summed E-state index contributed by atoms with van der Waals surface area (Å²) in [6.45, 7) is 13.4. The molecule has 0 aliphatic rings. The van der Waals surface area contributed by atoms with Crippen LogP contribution in [0.2, 0.25) is 0 Å². The summed E-state index contributed by atoms with van der Waals surface area (Å²) in [6.07, 6.45) is 3.80. The molecule has 0 saturated carbocycles. The van der Waals surface area contributed by atoms with Crippen molar-refractivity contribution < 1.29 is 4.74 Å². The van der Waals surface area contributed by atoms with Gasteiger partial charge in [0.1, 0.15) is 23.6 Å². The molecular weight excluding hydrogens is 528 g/mol. The van der Waals surface area contributed by atoms with Gasteiger partial charge in [-0.1, -0.05) is 71.9 Å². The first-order valence-corrected chi connectivity index (χ1v) is 14.8. The highest BCUT2D eigenvalue weighted by Gasteiger charge is 2.19. The lowest BCUT2D eigenvalue weighted by atomic mass is 9.87. The molecule has 0 aliphatic heterocycles. The third-order valence-electron chi connectivity index (χ3n) is 8.23. The van der Waals surface area contributed by atoms with Gasteiger partial charge in [-0.15, -0.1) is 0 Å². The number of imidazole rings is 1. The van der Waals surface area contributed by atoms with Crippen LogP contribution in [0.25, 0.3) is 44.3 Å². The molecular formula is C38H36N4O. The Hall–Kier alpha value is -4.90. The van der Waals surface area contributed by atoms with Crippen molar-refractivity contribution in [2.75, 3.05) is 0 Å². The Morgan fingerprint density at radius 2 is 1.33 bits per heavy atom. The minimum absolute atomic E-state index is 0.0190. The van der Waals surface area contributed by atoms with Gasteiger partial charge in [-0.3, -0.25) is 9.13 Å². The monoisotopic (exact) mass is 564 g/mol. The second-order valence-electron chi connectivity index (χ2n) is 13.4. The Labute approximate surface area is 252 Å². The fraction of sp³-hybridized carbons (Fsp3) is 0.211. The molecule has 0 aliphatic carbocycles. The first-order valence-electron chi connectivity index (χ1n) is 14.8. The van der Waals surface area contributed by atoms with E-state index in [1.807, 2.05) is 30.7 Å². The average Bonchev–Trinajstić information content (AvgIpc) is 3.55. The van der Waals surface area contributed by atoms with Gasteiger partial charge in [0.15, 0.2) is 0 Å². The Morgan fingerprint density at radius 3 is 2.14 bits per heavy atom. The summed E-state index contributed by atoms with van der Waals surface area (Å²) in [5.41, 5.74) is 7.85. The lowest BCUT2D eigenvalue weighted by Crippen LogP contribution is -2.12. The molecule has 0 amide bonds. The summed E-state index contributed by atoms with van der Waals surface area (Å²) in [5.74, 6) is 2.44. The second-order valence-corrected chi connectivity index (χ2v) is 13.4. The number of nitrogens with zero attached hydrogens (tertiary/aromatic N) is 4. The third kappa shape index (κ3) is 4.85. The zero-order valence-corrected chi connectivity index (χ0v) is 25.6.